The Balaban J connectivity index is 2.30. The van der Waals surface area contributed by atoms with Gasteiger partial charge in [-0.3, -0.25) is 0 Å². The van der Waals surface area contributed by atoms with Gasteiger partial charge in [-0.05, 0) is 0 Å². The van der Waals surface area contributed by atoms with Gasteiger partial charge in [-0.25, -0.2) is 0 Å². The van der Waals surface area contributed by atoms with Crippen LogP contribution in [0.15, 0.2) is 0 Å². The fourth-order valence-electron chi connectivity index (χ4n) is 0. The quantitative estimate of drug-likeness (QED) is 0.565. The predicted molar refractivity (Wildman–Crippen MR) is 16.2 cm³/mol. The fraction of sp³-hybridized carbons (Fsp3) is 1.00. The van der Waals surface area contributed by atoms with Crippen LogP contribution in [0.3, 0.4) is 0 Å². The Morgan fingerprint density at radius 2 is 2.25 bits per heavy atom. The number of rotatable bonds is 1. The summed E-state index contributed by atoms with van der Waals surface area (Å²) in [6.07, 6.45) is 1.26. The van der Waals surface area contributed by atoms with E-state index in [9.17, 15) is 0 Å². The van der Waals surface area contributed by atoms with E-state index in [0.29, 0.717) is 0 Å². The topological polar surface area (TPSA) is 0 Å². The second-order valence-electron chi connectivity index (χ2n) is 0.612. The fourth-order valence-corrected chi connectivity index (χ4v) is 0. The molecular formula is C2H5BHf+2. The molecule has 0 heterocycles. The first-order valence-corrected chi connectivity index (χ1v) is 3.48. The normalized spacial score (nSPS) is 5.75. The van der Waals surface area contributed by atoms with Crippen molar-refractivity contribution in [2.75, 3.05) is 0 Å². The summed E-state index contributed by atoms with van der Waals surface area (Å²) in [6, 6.07) is 0. The van der Waals surface area contributed by atoms with Crippen LogP contribution in [0, 0.1) is 0 Å². The molecule has 0 saturated carbocycles. The van der Waals surface area contributed by atoms with E-state index in [-0.39, 0.29) is 0 Å². The summed E-state index contributed by atoms with van der Waals surface area (Å²) in [6.45, 7) is 2.16. The zero-order valence-electron chi connectivity index (χ0n) is 2.78. The molecule has 2 heteroatoms. The first kappa shape index (κ1) is 4.94. The van der Waals surface area contributed by atoms with E-state index in [4.69, 9.17) is 0 Å². The Morgan fingerprint density at radius 3 is 2.25 bits per heavy atom. The molecule has 0 fully saturated rings. The van der Waals surface area contributed by atoms with E-state index in [1.165, 1.54) is 30.0 Å². The van der Waals surface area contributed by atoms with E-state index in [2.05, 4.69) is 11.4 Å². The monoisotopic (exact) mass is 220 g/mol. The maximum absolute atomic E-state index is 2.26. The Morgan fingerprint density at radius 1 is 2.00 bits per heavy atom. The van der Waals surface area contributed by atoms with Crippen LogP contribution in [0.2, 0.25) is 6.32 Å². The minimum absolute atomic E-state index is 1.26. The molecule has 18 valence electrons. The van der Waals surface area contributed by atoms with Crippen LogP contribution in [-0.4, -0.2) is 4.43 Å². The predicted octanol–water partition coefficient (Wildman–Crippen LogP) is 0.591. The van der Waals surface area contributed by atoms with Gasteiger partial charge in [0.05, 0.1) is 0 Å². The van der Waals surface area contributed by atoms with Gasteiger partial charge in [0, 0.05) is 0 Å². The van der Waals surface area contributed by atoms with Crippen molar-refractivity contribution in [3.8, 4) is 0 Å². The molecule has 0 aliphatic carbocycles. The standard InChI is InChI=1S/C2H5B.Hf/c1-2-3;/h2H2,1H3;/q;+2. The Hall–Kier alpha value is 0.935. The van der Waals surface area contributed by atoms with Crippen LogP contribution in [0.25, 0.3) is 0 Å². The number of hydrogen-bond donors (Lipinski definition) is 0. The Bertz CT molecular complexity index is 20.0. The molecule has 0 atom stereocenters. The van der Waals surface area contributed by atoms with E-state index < -0.39 is 0 Å². The van der Waals surface area contributed by atoms with Gasteiger partial charge < -0.3 is 0 Å². The average molecular weight is 218 g/mol. The van der Waals surface area contributed by atoms with E-state index in [1.54, 1.807) is 0 Å². The van der Waals surface area contributed by atoms with Crippen LogP contribution in [0.5, 0.6) is 0 Å². The molecule has 0 rings (SSSR count). The van der Waals surface area contributed by atoms with E-state index in [0.717, 1.165) is 0 Å². The molecule has 0 amide bonds. The van der Waals surface area contributed by atoms with Crippen LogP contribution >= 0.6 is 0 Å². The van der Waals surface area contributed by atoms with Crippen molar-refractivity contribution in [3.63, 3.8) is 0 Å². The molecular weight excluding hydrogens is 213 g/mol. The van der Waals surface area contributed by atoms with Gasteiger partial charge in [-0.15, -0.1) is 0 Å². The third kappa shape index (κ3) is 2.94. The van der Waals surface area contributed by atoms with Gasteiger partial charge in [0.15, 0.2) is 0 Å². The molecule has 0 unspecified atom stereocenters. The van der Waals surface area contributed by atoms with Crippen molar-refractivity contribution < 1.29 is 23.6 Å². The minimum atomic E-state index is 1.26. The van der Waals surface area contributed by atoms with Gasteiger partial charge in [0.1, 0.15) is 0 Å². The molecule has 0 saturated heterocycles. The summed E-state index contributed by atoms with van der Waals surface area (Å²) in [5.41, 5.74) is 0. The summed E-state index contributed by atoms with van der Waals surface area (Å²) >= 11 is 1.26. The van der Waals surface area contributed by atoms with Gasteiger partial charge in [-0.1, -0.05) is 0 Å². The molecule has 0 bridgehead atoms. The first-order valence-electron chi connectivity index (χ1n) is 1.40. The van der Waals surface area contributed by atoms with Crippen LogP contribution in [0.4, 0.5) is 0 Å². The van der Waals surface area contributed by atoms with Crippen molar-refractivity contribution in [1.29, 1.82) is 0 Å². The Labute approximate surface area is 41.5 Å². The van der Waals surface area contributed by atoms with Gasteiger partial charge in [0.2, 0.25) is 0 Å². The Kier molecular flexibility index (Phi) is 4.85. The van der Waals surface area contributed by atoms with E-state index >= 15 is 0 Å². The van der Waals surface area contributed by atoms with Crippen molar-refractivity contribution >= 4 is 4.43 Å². The summed E-state index contributed by atoms with van der Waals surface area (Å²) in [7, 11) is 0. The summed E-state index contributed by atoms with van der Waals surface area (Å²) in [4.78, 5) is 0. The first-order chi connectivity index (χ1) is 1.91. The molecule has 0 nitrogen and oxygen atoms in total. The molecule has 0 aromatic heterocycles. The summed E-state index contributed by atoms with van der Waals surface area (Å²) in [5, 5.41) is 0. The zero-order chi connectivity index (χ0) is 3.41. The molecule has 4 heavy (non-hydrogen) atoms. The van der Waals surface area contributed by atoms with Crippen LogP contribution in [-0.2, 0) is 23.6 Å². The van der Waals surface area contributed by atoms with Crippen molar-refractivity contribution in [2.45, 2.75) is 13.2 Å². The third-order valence-electron chi connectivity index (χ3n) is 0.204. The average Bonchev–Trinajstić information content (AvgIpc) is 1.37. The maximum atomic E-state index is 2.26. The summed E-state index contributed by atoms with van der Waals surface area (Å²) < 4.78 is 2.26. The molecule has 0 radical (unpaired) electrons. The molecule has 0 spiro atoms. The van der Waals surface area contributed by atoms with Crippen molar-refractivity contribution in [3.05, 3.63) is 0 Å². The molecule has 0 N–H and O–H groups in total. The zero-order valence-corrected chi connectivity index (χ0v) is 6.38. The van der Waals surface area contributed by atoms with Crippen LogP contribution < -0.4 is 0 Å². The van der Waals surface area contributed by atoms with E-state index in [1.807, 2.05) is 0 Å². The molecule has 0 aromatic rings. The van der Waals surface area contributed by atoms with Gasteiger partial charge >= 0.3 is 41.3 Å². The number of hydrogen-bond acceptors (Lipinski definition) is 0. The third-order valence-corrected chi connectivity index (χ3v) is 1.67. The van der Waals surface area contributed by atoms with Crippen LogP contribution in [0.1, 0.15) is 6.92 Å². The van der Waals surface area contributed by atoms with Crippen molar-refractivity contribution in [1.82, 2.24) is 0 Å². The summed E-state index contributed by atoms with van der Waals surface area (Å²) in [5.74, 6) is 0. The second-order valence-corrected chi connectivity index (χ2v) is 2.08. The van der Waals surface area contributed by atoms with Gasteiger partial charge in [0.25, 0.3) is 0 Å². The van der Waals surface area contributed by atoms with Crippen molar-refractivity contribution in [2.24, 2.45) is 0 Å². The van der Waals surface area contributed by atoms with Gasteiger partial charge in [-0.2, -0.15) is 0 Å². The molecule has 0 aliphatic rings. The second kappa shape index (κ2) is 3.94. The molecule has 0 aromatic carbocycles. The SMILES string of the molecule is CC[B]=[Hf+2]. The molecule has 0 aliphatic heterocycles.